The number of aryl methyl sites for hydroxylation is 1. The van der Waals surface area contributed by atoms with Gasteiger partial charge in [0.05, 0.1) is 18.4 Å². The number of benzene rings is 2. The number of phenols is 1. The van der Waals surface area contributed by atoms with E-state index in [1.54, 1.807) is 37.3 Å². The fraction of sp³-hybridized carbons (Fsp3) is 0.360. The molecule has 1 aromatic heterocycles. The first-order valence-electron chi connectivity index (χ1n) is 11.6. The quantitative estimate of drug-likeness (QED) is 0.380. The van der Waals surface area contributed by atoms with Crippen LogP contribution in [0.2, 0.25) is 0 Å². The lowest BCUT2D eigenvalue weighted by atomic mass is 10.1. The molecule has 1 aliphatic heterocycles. The standard InChI is InChI=1S/C25H29N5O4S/c1-3-22(32)27-21-13-18(9-6-16(21)2)26-23(33)15-35-25-29-28-24(17-7-10-19(31)11-8-17)30(25)14-20-5-4-12-34-20/h6-11,13,20,31H,3-5,12,14-15H2,1-2H3,(H,26,33)(H,27,32)/t20-/m1/s1. The van der Waals surface area contributed by atoms with E-state index >= 15 is 0 Å². The molecule has 3 aromatic rings. The summed E-state index contributed by atoms with van der Waals surface area (Å²) >= 11 is 1.30. The molecular weight excluding hydrogens is 466 g/mol. The molecule has 4 rings (SSSR count). The number of aromatic nitrogens is 3. The summed E-state index contributed by atoms with van der Waals surface area (Å²) in [5, 5.41) is 24.7. The van der Waals surface area contributed by atoms with Crippen molar-refractivity contribution in [1.82, 2.24) is 14.8 Å². The van der Waals surface area contributed by atoms with Gasteiger partial charge in [0.2, 0.25) is 11.8 Å². The van der Waals surface area contributed by atoms with Crippen molar-refractivity contribution in [3.8, 4) is 17.1 Å². The van der Waals surface area contributed by atoms with Crippen LogP contribution in [-0.4, -0.2) is 50.1 Å². The van der Waals surface area contributed by atoms with Gasteiger partial charge < -0.3 is 20.5 Å². The number of ether oxygens (including phenoxy) is 1. The van der Waals surface area contributed by atoms with E-state index in [0.717, 1.165) is 30.6 Å². The number of anilines is 2. The molecule has 1 saturated heterocycles. The maximum absolute atomic E-state index is 12.7. The van der Waals surface area contributed by atoms with E-state index in [1.165, 1.54) is 11.8 Å². The third kappa shape index (κ3) is 6.40. The Hall–Kier alpha value is -3.37. The van der Waals surface area contributed by atoms with Gasteiger partial charge in [-0.1, -0.05) is 24.8 Å². The van der Waals surface area contributed by atoms with Crippen molar-refractivity contribution in [2.75, 3.05) is 23.0 Å². The highest BCUT2D eigenvalue weighted by Gasteiger charge is 2.22. The monoisotopic (exact) mass is 495 g/mol. The Morgan fingerprint density at radius 2 is 1.94 bits per heavy atom. The summed E-state index contributed by atoms with van der Waals surface area (Å²) in [5.74, 6) is 0.715. The molecule has 0 saturated carbocycles. The van der Waals surface area contributed by atoms with Gasteiger partial charge in [-0.15, -0.1) is 10.2 Å². The number of hydrogen-bond donors (Lipinski definition) is 3. The number of carbonyl (C=O) groups excluding carboxylic acids is 2. The lowest BCUT2D eigenvalue weighted by Crippen LogP contribution is -2.18. The number of thioether (sulfide) groups is 1. The van der Waals surface area contributed by atoms with Crippen LogP contribution in [0.4, 0.5) is 11.4 Å². The summed E-state index contributed by atoms with van der Waals surface area (Å²) in [6, 6.07) is 12.2. The van der Waals surface area contributed by atoms with Crippen molar-refractivity contribution in [2.24, 2.45) is 0 Å². The Balaban J connectivity index is 1.46. The van der Waals surface area contributed by atoms with E-state index in [4.69, 9.17) is 4.74 Å². The van der Waals surface area contributed by atoms with Crippen molar-refractivity contribution in [2.45, 2.75) is 50.9 Å². The fourth-order valence-corrected chi connectivity index (χ4v) is 4.52. The molecule has 1 fully saturated rings. The molecule has 1 aliphatic rings. The summed E-state index contributed by atoms with van der Waals surface area (Å²) in [7, 11) is 0. The van der Waals surface area contributed by atoms with Crippen molar-refractivity contribution >= 4 is 35.0 Å². The highest BCUT2D eigenvalue weighted by atomic mass is 32.2. The Morgan fingerprint density at radius 1 is 1.14 bits per heavy atom. The summed E-state index contributed by atoms with van der Waals surface area (Å²) in [6.45, 7) is 5.02. The van der Waals surface area contributed by atoms with Gasteiger partial charge in [0.15, 0.2) is 11.0 Å². The molecule has 10 heteroatoms. The summed E-state index contributed by atoms with van der Waals surface area (Å²) in [4.78, 5) is 24.5. The molecule has 184 valence electrons. The first kappa shape index (κ1) is 24.7. The maximum atomic E-state index is 12.7. The van der Waals surface area contributed by atoms with Gasteiger partial charge in [0, 0.05) is 30.0 Å². The minimum atomic E-state index is -0.190. The average molecular weight is 496 g/mol. The molecule has 2 amide bonds. The maximum Gasteiger partial charge on any atom is 0.234 e. The van der Waals surface area contributed by atoms with E-state index < -0.39 is 0 Å². The Bertz CT molecular complexity index is 1190. The summed E-state index contributed by atoms with van der Waals surface area (Å²) in [5.41, 5.74) is 3.03. The Labute approximate surface area is 208 Å². The highest BCUT2D eigenvalue weighted by Crippen LogP contribution is 2.28. The molecule has 1 atom stereocenters. The molecule has 9 nitrogen and oxygen atoms in total. The number of rotatable bonds is 9. The normalized spacial score (nSPS) is 15.2. The number of hydrogen-bond acceptors (Lipinski definition) is 7. The molecular formula is C25H29N5O4S. The number of aromatic hydroxyl groups is 1. The van der Waals surface area contributed by atoms with Gasteiger partial charge in [-0.25, -0.2) is 0 Å². The van der Waals surface area contributed by atoms with Crippen LogP contribution in [-0.2, 0) is 20.9 Å². The van der Waals surface area contributed by atoms with E-state index in [1.807, 2.05) is 23.6 Å². The number of nitrogens with zero attached hydrogens (tertiary/aromatic N) is 3. The van der Waals surface area contributed by atoms with Gasteiger partial charge in [-0.2, -0.15) is 0 Å². The van der Waals surface area contributed by atoms with E-state index in [-0.39, 0.29) is 29.4 Å². The lowest BCUT2D eigenvalue weighted by Gasteiger charge is -2.15. The van der Waals surface area contributed by atoms with E-state index in [9.17, 15) is 14.7 Å². The predicted octanol–water partition coefficient (Wildman–Crippen LogP) is 4.22. The molecule has 0 unspecified atom stereocenters. The molecule has 0 spiro atoms. The van der Waals surface area contributed by atoms with Gasteiger partial charge in [0.25, 0.3) is 0 Å². The first-order chi connectivity index (χ1) is 16.9. The second-order valence-electron chi connectivity index (χ2n) is 8.37. The molecule has 2 aromatic carbocycles. The molecule has 0 radical (unpaired) electrons. The van der Waals surface area contributed by atoms with Crippen molar-refractivity contribution in [3.63, 3.8) is 0 Å². The zero-order chi connectivity index (χ0) is 24.8. The fourth-order valence-electron chi connectivity index (χ4n) is 3.78. The largest absolute Gasteiger partial charge is 0.508 e. The molecule has 0 bridgehead atoms. The second kappa shape index (κ2) is 11.4. The van der Waals surface area contributed by atoms with Crippen LogP contribution in [0.3, 0.4) is 0 Å². The van der Waals surface area contributed by atoms with Crippen LogP contribution in [0.5, 0.6) is 5.75 Å². The third-order valence-electron chi connectivity index (χ3n) is 5.70. The summed E-state index contributed by atoms with van der Waals surface area (Å²) in [6.07, 6.45) is 2.43. The number of nitrogens with one attached hydrogen (secondary N) is 2. The Morgan fingerprint density at radius 3 is 2.66 bits per heavy atom. The van der Waals surface area contributed by atoms with Gasteiger partial charge in [0.1, 0.15) is 5.75 Å². The lowest BCUT2D eigenvalue weighted by molar-refractivity contribution is -0.116. The molecule has 3 N–H and O–H groups in total. The van der Waals surface area contributed by atoms with Crippen molar-refractivity contribution < 1.29 is 19.4 Å². The van der Waals surface area contributed by atoms with E-state index in [2.05, 4.69) is 20.8 Å². The topological polar surface area (TPSA) is 118 Å². The van der Waals surface area contributed by atoms with Crippen molar-refractivity contribution in [1.29, 1.82) is 0 Å². The molecule has 35 heavy (non-hydrogen) atoms. The highest BCUT2D eigenvalue weighted by molar-refractivity contribution is 7.99. The molecule has 2 heterocycles. The van der Waals surface area contributed by atoms with Crippen molar-refractivity contribution in [3.05, 3.63) is 48.0 Å². The second-order valence-corrected chi connectivity index (χ2v) is 9.31. The third-order valence-corrected chi connectivity index (χ3v) is 6.67. The zero-order valence-electron chi connectivity index (χ0n) is 19.8. The number of phenolic OH excluding ortho intramolecular Hbond substituents is 1. The van der Waals surface area contributed by atoms with Gasteiger partial charge in [-0.05, 0) is 61.7 Å². The summed E-state index contributed by atoms with van der Waals surface area (Å²) < 4.78 is 7.79. The number of amides is 2. The predicted molar refractivity (Wildman–Crippen MR) is 136 cm³/mol. The van der Waals surface area contributed by atoms with Gasteiger partial charge in [-0.3, -0.25) is 14.2 Å². The number of carbonyl (C=O) groups is 2. The zero-order valence-corrected chi connectivity index (χ0v) is 20.6. The van der Waals surface area contributed by atoms with Crippen LogP contribution in [0.1, 0.15) is 31.7 Å². The minimum absolute atomic E-state index is 0.0688. The van der Waals surface area contributed by atoms with Crippen LogP contribution >= 0.6 is 11.8 Å². The smallest absolute Gasteiger partial charge is 0.234 e. The Kier molecular flexibility index (Phi) is 8.04. The van der Waals surface area contributed by atoms with Crippen LogP contribution < -0.4 is 10.6 Å². The average Bonchev–Trinajstić information content (AvgIpc) is 3.51. The van der Waals surface area contributed by atoms with Crippen LogP contribution in [0.15, 0.2) is 47.6 Å². The molecule has 0 aliphatic carbocycles. The van der Waals surface area contributed by atoms with Crippen LogP contribution in [0.25, 0.3) is 11.4 Å². The SMILES string of the molecule is CCC(=O)Nc1cc(NC(=O)CSc2nnc(-c3ccc(O)cc3)n2C[C@H]2CCCO2)ccc1C. The van der Waals surface area contributed by atoms with Gasteiger partial charge >= 0.3 is 0 Å². The van der Waals surface area contributed by atoms with E-state index in [0.29, 0.717) is 35.3 Å². The van der Waals surface area contributed by atoms with Crippen LogP contribution in [0, 0.1) is 6.92 Å². The first-order valence-corrected chi connectivity index (χ1v) is 12.6. The minimum Gasteiger partial charge on any atom is -0.508 e.